The normalized spacial score (nSPS) is 11.1. The minimum atomic E-state index is 0.759. The van der Waals surface area contributed by atoms with Gasteiger partial charge in [0.25, 0.3) is 0 Å². The smallest absolute Gasteiger partial charge is 0.122 e. The molecule has 0 saturated heterocycles. The maximum Gasteiger partial charge on any atom is 0.122 e. The van der Waals surface area contributed by atoms with Gasteiger partial charge in [0.1, 0.15) is 11.5 Å². The van der Waals surface area contributed by atoms with Crippen LogP contribution in [-0.4, -0.2) is 19.1 Å². The number of hydrogen-bond acceptors (Lipinski definition) is 2. The van der Waals surface area contributed by atoms with E-state index >= 15 is 0 Å². The van der Waals surface area contributed by atoms with Crippen LogP contribution in [0.2, 0.25) is 0 Å². The van der Waals surface area contributed by atoms with Gasteiger partial charge in [-0.15, -0.1) is 11.6 Å². The second-order valence-corrected chi connectivity index (χ2v) is 7.66. The molecule has 0 radical (unpaired) electrons. The van der Waals surface area contributed by atoms with Crippen molar-refractivity contribution in [1.29, 1.82) is 0 Å². The molecule has 0 aromatic heterocycles. The van der Waals surface area contributed by atoms with Crippen molar-refractivity contribution in [3.8, 4) is 11.5 Å². The zero-order valence-corrected chi connectivity index (χ0v) is 17.8. The molecule has 3 heteroatoms. The molecule has 2 rings (SSSR count). The lowest BCUT2D eigenvalue weighted by molar-refractivity contribution is 0.303. The minimum Gasteiger partial charge on any atom is -0.494 e. The average molecular weight is 391 g/mol. The lowest BCUT2D eigenvalue weighted by Gasteiger charge is -2.13. The molecule has 2 aromatic carbocycles. The third-order valence-corrected chi connectivity index (χ3v) is 5.28. The van der Waals surface area contributed by atoms with Gasteiger partial charge < -0.3 is 9.47 Å². The summed E-state index contributed by atoms with van der Waals surface area (Å²) in [7, 11) is 0. The van der Waals surface area contributed by atoms with E-state index in [1.54, 1.807) is 0 Å². The lowest BCUT2D eigenvalue weighted by Crippen LogP contribution is -2.00. The van der Waals surface area contributed by atoms with Crippen molar-refractivity contribution in [1.82, 2.24) is 0 Å². The molecule has 27 heavy (non-hydrogen) atoms. The van der Waals surface area contributed by atoms with E-state index in [0.29, 0.717) is 0 Å². The van der Waals surface area contributed by atoms with Crippen LogP contribution in [0.3, 0.4) is 0 Å². The standard InChI is InChI=1S/C24H35ClO2/c1-3-4-5-7-11-18-27-24-15-12-21-19-22(13-14-23(21)20(24)2)26-17-10-8-6-9-16-25/h12-15,19H,3-11,16-18H2,1-2H3. The number of aryl methyl sites for hydroxylation is 1. The van der Waals surface area contributed by atoms with E-state index < -0.39 is 0 Å². The van der Waals surface area contributed by atoms with Crippen molar-refractivity contribution >= 4 is 22.4 Å². The van der Waals surface area contributed by atoms with Gasteiger partial charge in [-0.2, -0.15) is 0 Å². The van der Waals surface area contributed by atoms with Gasteiger partial charge in [-0.25, -0.2) is 0 Å². The van der Waals surface area contributed by atoms with Crippen molar-refractivity contribution in [2.75, 3.05) is 19.1 Å². The number of hydrogen-bond donors (Lipinski definition) is 0. The highest BCUT2D eigenvalue weighted by molar-refractivity contribution is 6.17. The summed E-state index contributed by atoms with van der Waals surface area (Å²) >= 11 is 5.70. The summed E-state index contributed by atoms with van der Waals surface area (Å²) in [4.78, 5) is 0. The van der Waals surface area contributed by atoms with Crippen LogP contribution in [0.5, 0.6) is 11.5 Å². The summed E-state index contributed by atoms with van der Waals surface area (Å²) in [6.45, 7) is 5.97. The number of rotatable bonds is 14. The van der Waals surface area contributed by atoms with Gasteiger partial charge in [-0.1, -0.05) is 57.6 Å². The monoisotopic (exact) mass is 390 g/mol. The molecule has 0 fully saturated rings. The van der Waals surface area contributed by atoms with Crippen LogP contribution in [-0.2, 0) is 0 Å². The van der Waals surface area contributed by atoms with E-state index in [2.05, 4.69) is 44.2 Å². The third kappa shape index (κ3) is 7.62. The van der Waals surface area contributed by atoms with Gasteiger partial charge in [0, 0.05) is 5.88 Å². The molecule has 0 spiro atoms. The van der Waals surface area contributed by atoms with Crippen LogP contribution >= 0.6 is 11.6 Å². The van der Waals surface area contributed by atoms with Gasteiger partial charge in [0.05, 0.1) is 13.2 Å². The molecule has 150 valence electrons. The number of benzene rings is 2. The number of halogens is 1. The first-order valence-electron chi connectivity index (χ1n) is 10.6. The third-order valence-electron chi connectivity index (χ3n) is 5.01. The minimum absolute atomic E-state index is 0.759. The lowest BCUT2D eigenvalue weighted by atomic mass is 10.0. The van der Waals surface area contributed by atoms with Gasteiger partial charge in [-0.3, -0.25) is 0 Å². The summed E-state index contributed by atoms with van der Waals surface area (Å²) in [5, 5.41) is 2.45. The molecule has 0 aliphatic heterocycles. The first-order chi connectivity index (χ1) is 13.3. The Bertz CT molecular complexity index is 669. The van der Waals surface area contributed by atoms with Gasteiger partial charge in [0.2, 0.25) is 0 Å². The van der Waals surface area contributed by atoms with Crippen molar-refractivity contribution in [2.24, 2.45) is 0 Å². The zero-order valence-electron chi connectivity index (χ0n) is 17.1. The molecule has 0 N–H and O–H groups in total. The van der Waals surface area contributed by atoms with Crippen molar-refractivity contribution < 1.29 is 9.47 Å². The number of fused-ring (bicyclic) bond motifs is 1. The summed E-state index contributed by atoms with van der Waals surface area (Å²) in [6.07, 6.45) is 10.9. The largest absolute Gasteiger partial charge is 0.494 e. The zero-order chi connectivity index (χ0) is 19.3. The highest BCUT2D eigenvalue weighted by Gasteiger charge is 2.06. The van der Waals surface area contributed by atoms with Crippen LogP contribution in [0, 0.1) is 6.92 Å². The summed E-state index contributed by atoms with van der Waals surface area (Å²) in [5.74, 6) is 2.71. The molecule has 0 saturated carbocycles. The maximum absolute atomic E-state index is 6.03. The van der Waals surface area contributed by atoms with E-state index in [1.807, 2.05) is 0 Å². The molecule has 2 nitrogen and oxygen atoms in total. The van der Waals surface area contributed by atoms with E-state index in [9.17, 15) is 0 Å². The second kappa shape index (κ2) is 12.9. The molecule has 0 unspecified atom stereocenters. The summed E-state index contributed by atoms with van der Waals surface area (Å²) < 4.78 is 11.9. The molecule has 0 bridgehead atoms. The Labute approximate surface area is 170 Å². The Morgan fingerprint density at radius 3 is 2.22 bits per heavy atom. The number of ether oxygens (including phenoxy) is 2. The number of alkyl halides is 1. The van der Waals surface area contributed by atoms with Crippen LogP contribution in [0.15, 0.2) is 30.3 Å². The van der Waals surface area contributed by atoms with Gasteiger partial charge in [-0.05, 0) is 60.7 Å². The fourth-order valence-electron chi connectivity index (χ4n) is 3.32. The molecule has 0 aliphatic rings. The van der Waals surface area contributed by atoms with Gasteiger partial charge >= 0.3 is 0 Å². The SMILES string of the molecule is CCCCCCCOc1ccc2cc(OCCCCCCCl)ccc2c1C. The fraction of sp³-hybridized carbons (Fsp3) is 0.583. The average Bonchev–Trinajstić information content (AvgIpc) is 2.69. The fourth-order valence-corrected chi connectivity index (χ4v) is 3.51. The highest BCUT2D eigenvalue weighted by atomic mass is 35.5. The van der Waals surface area contributed by atoms with E-state index in [4.69, 9.17) is 21.1 Å². The number of unbranched alkanes of at least 4 members (excludes halogenated alkanes) is 7. The van der Waals surface area contributed by atoms with Gasteiger partial charge in [0.15, 0.2) is 0 Å². The van der Waals surface area contributed by atoms with E-state index in [0.717, 1.165) is 49.9 Å². The van der Waals surface area contributed by atoms with Crippen LogP contribution in [0.4, 0.5) is 0 Å². The molecule has 0 atom stereocenters. The summed E-state index contributed by atoms with van der Waals surface area (Å²) in [5.41, 5.74) is 1.22. The molecule has 0 heterocycles. The topological polar surface area (TPSA) is 18.5 Å². The maximum atomic E-state index is 6.03. The van der Waals surface area contributed by atoms with Crippen LogP contribution < -0.4 is 9.47 Å². The Morgan fingerprint density at radius 2 is 1.48 bits per heavy atom. The Hall–Kier alpha value is -1.41. The Balaban J connectivity index is 1.84. The quantitative estimate of drug-likeness (QED) is 0.243. The highest BCUT2D eigenvalue weighted by Crippen LogP contribution is 2.30. The van der Waals surface area contributed by atoms with Crippen molar-refractivity contribution in [3.63, 3.8) is 0 Å². The van der Waals surface area contributed by atoms with E-state index in [1.165, 1.54) is 54.9 Å². The predicted molar refractivity (Wildman–Crippen MR) is 118 cm³/mol. The molecular weight excluding hydrogens is 356 g/mol. The van der Waals surface area contributed by atoms with E-state index in [-0.39, 0.29) is 0 Å². The Kier molecular flexibility index (Phi) is 10.4. The first-order valence-corrected chi connectivity index (χ1v) is 11.1. The predicted octanol–water partition coefficient (Wildman–Crippen LogP) is 7.68. The second-order valence-electron chi connectivity index (χ2n) is 7.29. The van der Waals surface area contributed by atoms with Crippen molar-refractivity contribution in [2.45, 2.75) is 71.6 Å². The van der Waals surface area contributed by atoms with Crippen LogP contribution in [0.1, 0.15) is 70.3 Å². The van der Waals surface area contributed by atoms with Crippen molar-refractivity contribution in [3.05, 3.63) is 35.9 Å². The van der Waals surface area contributed by atoms with Crippen LogP contribution in [0.25, 0.3) is 10.8 Å². The summed E-state index contributed by atoms with van der Waals surface area (Å²) in [6, 6.07) is 10.6. The first kappa shape index (κ1) is 21.9. The molecule has 2 aromatic rings. The molecule has 0 aliphatic carbocycles. The molecular formula is C24H35ClO2. The Morgan fingerprint density at radius 1 is 0.778 bits per heavy atom. The molecule has 0 amide bonds.